The van der Waals surface area contributed by atoms with Crippen molar-refractivity contribution in [2.24, 2.45) is 0 Å². The van der Waals surface area contributed by atoms with Crippen LogP contribution in [0.4, 0.5) is 10.1 Å². The summed E-state index contributed by atoms with van der Waals surface area (Å²) < 4.78 is 19.0. The summed E-state index contributed by atoms with van der Waals surface area (Å²) in [6.45, 7) is 7.40. The van der Waals surface area contributed by atoms with E-state index >= 15 is 0 Å². The molecule has 0 fully saturated rings. The average molecular weight is 298 g/mol. The number of ether oxygens (including phenoxy) is 1. The molecule has 0 spiro atoms. The largest absolute Gasteiger partial charge is 0.389 e. The van der Waals surface area contributed by atoms with Crippen molar-refractivity contribution >= 4 is 5.69 Å². The van der Waals surface area contributed by atoms with E-state index in [0.29, 0.717) is 18.8 Å². The molecule has 1 atom stereocenters. The van der Waals surface area contributed by atoms with Crippen molar-refractivity contribution in [3.63, 3.8) is 0 Å². The summed E-state index contributed by atoms with van der Waals surface area (Å²) in [7, 11) is 3.28. The molecule has 1 unspecified atom stereocenters. The molecule has 1 aromatic carbocycles. The van der Waals surface area contributed by atoms with Crippen LogP contribution in [0.15, 0.2) is 18.2 Å². The topological polar surface area (TPSA) is 44.7 Å². The molecular formula is C16H27FN2O2. The molecule has 0 aliphatic rings. The standard InChI is InChI=1S/C16H27FN2O2/c1-16(2,3)18-9-12-6-7-15(14(17)8-12)19(4)10-13(20)11-21-5/h6-8,13,18,20H,9-11H2,1-5H3. The second kappa shape index (κ2) is 7.73. The zero-order valence-electron chi connectivity index (χ0n) is 13.6. The van der Waals surface area contributed by atoms with Gasteiger partial charge in [-0.3, -0.25) is 0 Å². The molecule has 0 amide bonds. The highest BCUT2D eigenvalue weighted by molar-refractivity contribution is 5.48. The maximum Gasteiger partial charge on any atom is 0.146 e. The second-order valence-electron chi connectivity index (χ2n) is 6.38. The van der Waals surface area contributed by atoms with Gasteiger partial charge in [-0.15, -0.1) is 0 Å². The maximum atomic E-state index is 14.2. The van der Waals surface area contributed by atoms with Gasteiger partial charge in [0.2, 0.25) is 0 Å². The Labute approximate surface area is 126 Å². The fourth-order valence-corrected chi connectivity index (χ4v) is 2.00. The van der Waals surface area contributed by atoms with Crippen LogP contribution in [0.3, 0.4) is 0 Å². The minimum absolute atomic E-state index is 0.00377. The Morgan fingerprint density at radius 2 is 2.05 bits per heavy atom. The van der Waals surface area contributed by atoms with Crippen LogP contribution < -0.4 is 10.2 Å². The van der Waals surface area contributed by atoms with Crippen LogP contribution in [-0.4, -0.2) is 44.1 Å². The fraction of sp³-hybridized carbons (Fsp3) is 0.625. The minimum atomic E-state index is -0.637. The molecule has 1 rings (SSSR count). The lowest BCUT2D eigenvalue weighted by Gasteiger charge is -2.24. The number of methoxy groups -OCH3 is 1. The molecule has 2 N–H and O–H groups in total. The van der Waals surface area contributed by atoms with Gasteiger partial charge in [-0.25, -0.2) is 4.39 Å². The van der Waals surface area contributed by atoms with E-state index in [4.69, 9.17) is 4.74 Å². The summed E-state index contributed by atoms with van der Waals surface area (Å²) >= 11 is 0. The van der Waals surface area contributed by atoms with Crippen LogP contribution in [0, 0.1) is 5.82 Å². The van der Waals surface area contributed by atoms with Crippen molar-refractivity contribution in [3.8, 4) is 0 Å². The van der Waals surface area contributed by atoms with Crippen LogP contribution in [0.1, 0.15) is 26.3 Å². The Kier molecular flexibility index (Phi) is 6.58. The van der Waals surface area contributed by atoms with Crippen molar-refractivity contribution < 1.29 is 14.2 Å². The predicted molar refractivity (Wildman–Crippen MR) is 84.1 cm³/mol. The number of nitrogens with one attached hydrogen (secondary N) is 1. The van der Waals surface area contributed by atoms with Gasteiger partial charge in [0.1, 0.15) is 5.82 Å². The molecule has 5 heteroatoms. The predicted octanol–water partition coefficient (Wildman–Crippen LogP) is 2.16. The monoisotopic (exact) mass is 298 g/mol. The summed E-state index contributed by atoms with van der Waals surface area (Å²) in [5.74, 6) is -0.282. The van der Waals surface area contributed by atoms with Crippen LogP contribution >= 0.6 is 0 Å². The van der Waals surface area contributed by atoms with Gasteiger partial charge >= 0.3 is 0 Å². The molecule has 0 aliphatic carbocycles. The first-order valence-corrected chi connectivity index (χ1v) is 7.14. The first-order valence-electron chi connectivity index (χ1n) is 7.14. The van der Waals surface area contributed by atoms with Gasteiger partial charge in [0.05, 0.1) is 18.4 Å². The number of halogens is 1. The second-order valence-corrected chi connectivity index (χ2v) is 6.38. The van der Waals surface area contributed by atoms with Gasteiger partial charge in [0.25, 0.3) is 0 Å². The molecule has 0 saturated heterocycles. The molecule has 0 bridgehead atoms. The number of aliphatic hydroxyl groups excluding tert-OH is 1. The number of rotatable bonds is 7. The summed E-state index contributed by atoms with van der Waals surface area (Å²) in [5, 5.41) is 13.0. The summed E-state index contributed by atoms with van der Waals surface area (Å²) in [4.78, 5) is 1.69. The van der Waals surface area contributed by atoms with Crippen LogP contribution in [0.25, 0.3) is 0 Å². The van der Waals surface area contributed by atoms with E-state index in [-0.39, 0.29) is 18.0 Å². The van der Waals surface area contributed by atoms with Crippen LogP contribution in [-0.2, 0) is 11.3 Å². The molecule has 120 valence electrons. The van der Waals surface area contributed by atoms with E-state index in [1.165, 1.54) is 13.2 Å². The smallest absolute Gasteiger partial charge is 0.146 e. The Balaban J connectivity index is 2.69. The van der Waals surface area contributed by atoms with Crippen LogP contribution in [0.5, 0.6) is 0 Å². The van der Waals surface area contributed by atoms with Gasteiger partial charge in [-0.1, -0.05) is 6.07 Å². The van der Waals surface area contributed by atoms with Gasteiger partial charge < -0.3 is 20.1 Å². The van der Waals surface area contributed by atoms with E-state index in [2.05, 4.69) is 26.1 Å². The highest BCUT2D eigenvalue weighted by atomic mass is 19.1. The number of aliphatic hydroxyl groups is 1. The number of benzene rings is 1. The Hall–Kier alpha value is -1.17. The third-order valence-corrected chi connectivity index (χ3v) is 3.09. The summed E-state index contributed by atoms with van der Waals surface area (Å²) in [5.41, 5.74) is 1.37. The lowest BCUT2D eigenvalue weighted by molar-refractivity contribution is 0.0694. The first-order chi connectivity index (χ1) is 9.73. The zero-order chi connectivity index (χ0) is 16.0. The molecule has 4 nitrogen and oxygen atoms in total. The van der Waals surface area contributed by atoms with Crippen molar-refractivity contribution in [2.45, 2.75) is 39.0 Å². The summed E-state index contributed by atoms with van der Waals surface area (Å²) in [6, 6.07) is 5.18. The summed E-state index contributed by atoms with van der Waals surface area (Å²) in [6.07, 6.45) is -0.637. The number of hydrogen-bond donors (Lipinski definition) is 2. The maximum absolute atomic E-state index is 14.2. The normalized spacial score (nSPS) is 13.3. The minimum Gasteiger partial charge on any atom is -0.389 e. The number of nitrogens with zero attached hydrogens (tertiary/aromatic N) is 1. The molecule has 1 aromatic rings. The van der Waals surface area contributed by atoms with E-state index < -0.39 is 6.10 Å². The highest BCUT2D eigenvalue weighted by Crippen LogP contribution is 2.20. The Morgan fingerprint density at radius 1 is 1.38 bits per heavy atom. The van der Waals surface area contributed by atoms with Gasteiger partial charge in [-0.05, 0) is 38.5 Å². The molecule has 21 heavy (non-hydrogen) atoms. The lowest BCUT2D eigenvalue weighted by atomic mass is 10.1. The van der Waals surface area contributed by atoms with E-state index in [0.717, 1.165) is 5.56 Å². The van der Waals surface area contributed by atoms with Crippen molar-refractivity contribution in [1.82, 2.24) is 5.32 Å². The quantitative estimate of drug-likeness (QED) is 0.810. The van der Waals surface area contributed by atoms with Gasteiger partial charge in [0.15, 0.2) is 0 Å². The fourth-order valence-electron chi connectivity index (χ4n) is 2.00. The van der Waals surface area contributed by atoms with Crippen molar-refractivity contribution in [3.05, 3.63) is 29.6 Å². The zero-order valence-corrected chi connectivity index (χ0v) is 13.6. The van der Waals surface area contributed by atoms with E-state index in [1.807, 2.05) is 6.07 Å². The van der Waals surface area contributed by atoms with E-state index in [1.54, 1.807) is 18.0 Å². The third-order valence-electron chi connectivity index (χ3n) is 3.09. The van der Waals surface area contributed by atoms with Crippen molar-refractivity contribution in [2.75, 3.05) is 32.2 Å². The number of hydrogen-bond acceptors (Lipinski definition) is 4. The third kappa shape index (κ3) is 6.42. The average Bonchev–Trinajstić information content (AvgIpc) is 2.35. The molecule has 0 aliphatic heterocycles. The first kappa shape index (κ1) is 17.9. The Morgan fingerprint density at radius 3 is 2.57 bits per heavy atom. The lowest BCUT2D eigenvalue weighted by Crippen LogP contribution is -2.35. The highest BCUT2D eigenvalue weighted by Gasteiger charge is 2.14. The molecule has 0 heterocycles. The number of anilines is 1. The molecular weight excluding hydrogens is 271 g/mol. The number of likely N-dealkylation sites (N-methyl/N-ethyl adjacent to an activating group) is 1. The van der Waals surface area contributed by atoms with Gasteiger partial charge in [0, 0.05) is 32.8 Å². The van der Waals surface area contributed by atoms with Crippen LogP contribution in [0.2, 0.25) is 0 Å². The van der Waals surface area contributed by atoms with E-state index in [9.17, 15) is 9.50 Å². The molecule has 0 radical (unpaired) electrons. The SMILES string of the molecule is COCC(O)CN(C)c1ccc(CNC(C)(C)C)cc1F. The van der Waals surface area contributed by atoms with Crippen molar-refractivity contribution in [1.29, 1.82) is 0 Å². The Bertz CT molecular complexity index is 446. The molecule has 0 aromatic heterocycles. The molecule has 0 saturated carbocycles. The van der Waals surface area contributed by atoms with Gasteiger partial charge in [-0.2, -0.15) is 0 Å².